The van der Waals surface area contributed by atoms with Crippen molar-refractivity contribution in [3.05, 3.63) is 70.4 Å². The number of carbonyl (C=O) groups excluding carboxylic acids is 1. The molecule has 2 rings (SSSR count). The third-order valence-electron chi connectivity index (χ3n) is 4.10. The number of para-hydroxylation sites is 1. The van der Waals surface area contributed by atoms with E-state index in [9.17, 15) is 10.1 Å². The molecule has 0 heterocycles. The van der Waals surface area contributed by atoms with Crippen LogP contribution < -0.4 is 10.6 Å². The molecule has 2 aromatic carbocycles. The molecule has 0 aliphatic carbocycles. The van der Waals surface area contributed by atoms with E-state index in [0.717, 1.165) is 34.4 Å². The van der Waals surface area contributed by atoms with E-state index in [1.807, 2.05) is 63.2 Å². The van der Waals surface area contributed by atoms with E-state index >= 15 is 0 Å². The molecule has 4 nitrogen and oxygen atoms in total. The number of benzene rings is 2. The van der Waals surface area contributed by atoms with E-state index in [1.165, 1.54) is 6.20 Å². The summed E-state index contributed by atoms with van der Waals surface area (Å²) in [5.41, 5.74) is 5.99. The fraction of sp³-hybridized carbons (Fsp3) is 0.238. The molecule has 1 amide bonds. The summed E-state index contributed by atoms with van der Waals surface area (Å²) in [5.74, 6) is -0.423. The van der Waals surface area contributed by atoms with Crippen LogP contribution in [0, 0.1) is 32.1 Å². The SMILES string of the molecule is CCc1cccc(C)c1N/C=C(/C#N)C(=O)Nc1ccc(C)cc1C. The van der Waals surface area contributed by atoms with Crippen molar-refractivity contribution in [3.8, 4) is 6.07 Å². The Labute approximate surface area is 149 Å². The van der Waals surface area contributed by atoms with Crippen molar-refractivity contribution in [2.24, 2.45) is 0 Å². The lowest BCUT2D eigenvalue weighted by molar-refractivity contribution is -0.112. The van der Waals surface area contributed by atoms with Gasteiger partial charge in [0.2, 0.25) is 0 Å². The number of hydrogen-bond donors (Lipinski definition) is 2. The molecular formula is C21H23N3O. The fourth-order valence-electron chi connectivity index (χ4n) is 2.67. The van der Waals surface area contributed by atoms with Gasteiger partial charge < -0.3 is 10.6 Å². The minimum absolute atomic E-state index is 0.0327. The molecule has 2 N–H and O–H groups in total. The Morgan fingerprint density at radius 1 is 1.16 bits per heavy atom. The van der Waals surface area contributed by atoms with Gasteiger partial charge in [0.05, 0.1) is 0 Å². The van der Waals surface area contributed by atoms with Gasteiger partial charge in [-0.15, -0.1) is 0 Å². The summed E-state index contributed by atoms with van der Waals surface area (Å²) < 4.78 is 0. The van der Waals surface area contributed by atoms with Crippen LogP contribution in [0.15, 0.2) is 48.2 Å². The van der Waals surface area contributed by atoms with Crippen LogP contribution in [0.5, 0.6) is 0 Å². The van der Waals surface area contributed by atoms with Crippen LogP contribution in [-0.2, 0) is 11.2 Å². The van der Waals surface area contributed by atoms with E-state index < -0.39 is 5.91 Å². The summed E-state index contributed by atoms with van der Waals surface area (Å²) >= 11 is 0. The molecule has 0 aromatic heterocycles. The van der Waals surface area contributed by atoms with Crippen LogP contribution in [0.25, 0.3) is 0 Å². The quantitative estimate of drug-likeness (QED) is 0.619. The van der Waals surface area contributed by atoms with Gasteiger partial charge in [0.25, 0.3) is 5.91 Å². The molecule has 0 saturated heterocycles. The van der Waals surface area contributed by atoms with Gasteiger partial charge >= 0.3 is 0 Å². The van der Waals surface area contributed by atoms with E-state index in [4.69, 9.17) is 0 Å². The molecule has 0 atom stereocenters. The predicted octanol–water partition coefficient (Wildman–Crippen LogP) is 4.63. The Hall–Kier alpha value is -3.06. The maximum absolute atomic E-state index is 12.4. The third-order valence-corrected chi connectivity index (χ3v) is 4.10. The molecule has 0 bridgehead atoms. The Kier molecular flexibility index (Phi) is 5.97. The normalized spacial score (nSPS) is 10.9. The lowest BCUT2D eigenvalue weighted by Gasteiger charge is -2.12. The average Bonchev–Trinajstić information content (AvgIpc) is 2.59. The Balaban J connectivity index is 2.20. The smallest absolute Gasteiger partial charge is 0.267 e. The second kappa shape index (κ2) is 8.16. The van der Waals surface area contributed by atoms with Gasteiger partial charge in [0.15, 0.2) is 0 Å². The molecular weight excluding hydrogens is 310 g/mol. The highest BCUT2D eigenvalue weighted by atomic mass is 16.1. The molecule has 0 fully saturated rings. The van der Waals surface area contributed by atoms with Crippen molar-refractivity contribution in [2.75, 3.05) is 10.6 Å². The predicted molar refractivity (Wildman–Crippen MR) is 102 cm³/mol. The van der Waals surface area contributed by atoms with E-state index in [1.54, 1.807) is 0 Å². The minimum atomic E-state index is -0.423. The highest BCUT2D eigenvalue weighted by Gasteiger charge is 2.11. The van der Waals surface area contributed by atoms with E-state index in [-0.39, 0.29) is 5.57 Å². The molecule has 0 aliphatic rings. The molecule has 25 heavy (non-hydrogen) atoms. The van der Waals surface area contributed by atoms with E-state index in [0.29, 0.717) is 5.69 Å². The maximum Gasteiger partial charge on any atom is 0.267 e. The number of nitrogens with one attached hydrogen (secondary N) is 2. The summed E-state index contributed by atoms with van der Waals surface area (Å²) in [7, 11) is 0. The standard InChI is InChI=1S/C21H23N3O/c1-5-17-8-6-7-15(3)20(17)23-13-18(12-22)21(25)24-19-10-9-14(2)11-16(19)4/h6-11,13,23H,5H2,1-4H3,(H,24,25)/b18-13-. The van der Waals surface area contributed by atoms with Crippen molar-refractivity contribution >= 4 is 17.3 Å². The fourth-order valence-corrected chi connectivity index (χ4v) is 2.67. The zero-order chi connectivity index (χ0) is 18.4. The number of carbonyl (C=O) groups is 1. The number of nitriles is 1. The van der Waals surface area contributed by atoms with Crippen molar-refractivity contribution in [1.29, 1.82) is 5.26 Å². The second-order valence-corrected chi connectivity index (χ2v) is 6.05. The molecule has 2 aromatic rings. The first-order valence-electron chi connectivity index (χ1n) is 8.30. The summed E-state index contributed by atoms with van der Waals surface area (Å²) in [4.78, 5) is 12.4. The summed E-state index contributed by atoms with van der Waals surface area (Å²) in [6.45, 7) is 7.99. The van der Waals surface area contributed by atoms with Crippen LogP contribution in [0.1, 0.15) is 29.2 Å². The van der Waals surface area contributed by atoms with Gasteiger partial charge in [0.1, 0.15) is 11.6 Å². The van der Waals surface area contributed by atoms with Crippen molar-refractivity contribution in [3.63, 3.8) is 0 Å². The summed E-state index contributed by atoms with van der Waals surface area (Å²) in [6, 6.07) is 13.8. The van der Waals surface area contributed by atoms with Gasteiger partial charge in [-0.1, -0.05) is 42.8 Å². The van der Waals surface area contributed by atoms with Crippen LogP contribution in [-0.4, -0.2) is 5.91 Å². The van der Waals surface area contributed by atoms with Gasteiger partial charge in [-0.25, -0.2) is 0 Å². The van der Waals surface area contributed by atoms with Gasteiger partial charge in [-0.05, 0) is 49.9 Å². The van der Waals surface area contributed by atoms with Crippen LogP contribution in [0.3, 0.4) is 0 Å². The molecule has 0 spiro atoms. The first-order chi connectivity index (χ1) is 12.0. The molecule has 0 unspecified atom stereocenters. The molecule has 0 radical (unpaired) electrons. The minimum Gasteiger partial charge on any atom is -0.360 e. The van der Waals surface area contributed by atoms with Crippen LogP contribution in [0.4, 0.5) is 11.4 Å². The number of amides is 1. The Morgan fingerprint density at radius 2 is 1.92 bits per heavy atom. The molecule has 4 heteroatoms. The molecule has 0 saturated carbocycles. The van der Waals surface area contributed by atoms with Gasteiger partial charge in [0, 0.05) is 17.6 Å². The summed E-state index contributed by atoms with van der Waals surface area (Å²) in [5, 5.41) is 15.3. The third kappa shape index (κ3) is 4.48. The van der Waals surface area contributed by atoms with Crippen LogP contribution in [0.2, 0.25) is 0 Å². The molecule has 128 valence electrons. The first kappa shape index (κ1) is 18.3. The Bertz CT molecular complexity index is 860. The zero-order valence-electron chi connectivity index (χ0n) is 15.1. The Morgan fingerprint density at radius 3 is 2.56 bits per heavy atom. The van der Waals surface area contributed by atoms with Crippen molar-refractivity contribution in [2.45, 2.75) is 34.1 Å². The number of nitrogens with zero attached hydrogens (tertiary/aromatic N) is 1. The lowest BCUT2D eigenvalue weighted by atomic mass is 10.1. The van der Waals surface area contributed by atoms with Crippen LogP contribution >= 0.6 is 0 Å². The zero-order valence-corrected chi connectivity index (χ0v) is 15.1. The van der Waals surface area contributed by atoms with E-state index in [2.05, 4.69) is 17.6 Å². The van der Waals surface area contributed by atoms with Gasteiger partial charge in [-0.2, -0.15) is 5.26 Å². The molecule has 0 aliphatic heterocycles. The highest BCUT2D eigenvalue weighted by molar-refractivity contribution is 6.07. The number of aryl methyl sites for hydroxylation is 4. The monoisotopic (exact) mass is 333 g/mol. The van der Waals surface area contributed by atoms with Crippen molar-refractivity contribution in [1.82, 2.24) is 0 Å². The number of rotatable bonds is 5. The maximum atomic E-state index is 12.4. The average molecular weight is 333 g/mol. The first-order valence-corrected chi connectivity index (χ1v) is 8.30. The van der Waals surface area contributed by atoms with Gasteiger partial charge in [-0.3, -0.25) is 4.79 Å². The largest absolute Gasteiger partial charge is 0.360 e. The number of hydrogen-bond acceptors (Lipinski definition) is 3. The number of anilines is 2. The lowest BCUT2D eigenvalue weighted by Crippen LogP contribution is -2.15. The van der Waals surface area contributed by atoms with Crippen molar-refractivity contribution < 1.29 is 4.79 Å². The second-order valence-electron chi connectivity index (χ2n) is 6.05. The topological polar surface area (TPSA) is 64.9 Å². The highest BCUT2D eigenvalue weighted by Crippen LogP contribution is 2.22. The summed E-state index contributed by atoms with van der Waals surface area (Å²) in [6.07, 6.45) is 2.34.